The largest absolute Gasteiger partial charge is 0.481 e. The van der Waals surface area contributed by atoms with Crippen LogP contribution in [0.4, 0.5) is 0 Å². The first-order valence-corrected chi connectivity index (χ1v) is 7.17. The second-order valence-corrected chi connectivity index (χ2v) is 5.47. The molecule has 1 atom stereocenters. The lowest BCUT2D eigenvalue weighted by atomic mass is 10.2. The van der Waals surface area contributed by atoms with Gasteiger partial charge in [-0.05, 0) is 31.9 Å². The molecule has 5 heteroatoms. The van der Waals surface area contributed by atoms with Gasteiger partial charge in [0, 0.05) is 17.4 Å². The summed E-state index contributed by atoms with van der Waals surface area (Å²) in [6.45, 7) is 3.83. The molecule has 19 heavy (non-hydrogen) atoms. The van der Waals surface area contributed by atoms with Gasteiger partial charge in [0.2, 0.25) is 5.91 Å². The highest BCUT2D eigenvalue weighted by Gasteiger charge is 2.10. The number of carboxylic acids is 1. The van der Waals surface area contributed by atoms with Gasteiger partial charge in [0.05, 0.1) is 5.75 Å². The van der Waals surface area contributed by atoms with Crippen molar-refractivity contribution in [1.82, 2.24) is 5.32 Å². The fourth-order valence-electron chi connectivity index (χ4n) is 1.59. The first-order chi connectivity index (χ1) is 8.99. The number of nitrogens with one attached hydrogen (secondary N) is 1. The van der Waals surface area contributed by atoms with Crippen LogP contribution in [0.5, 0.6) is 0 Å². The maximum Gasteiger partial charge on any atom is 0.303 e. The number of hydrogen-bond donors (Lipinski definition) is 2. The number of thioether (sulfide) groups is 1. The second-order valence-electron chi connectivity index (χ2n) is 4.46. The van der Waals surface area contributed by atoms with Crippen molar-refractivity contribution in [3.63, 3.8) is 0 Å². The van der Waals surface area contributed by atoms with Gasteiger partial charge in [-0.2, -0.15) is 0 Å². The van der Waals surface area contributed by atoms with Gasteiger partial charge in [0.1, 0.15) is 0 Å². The number of rotatable bonds is 7. The number of benzene rings is 1. The summed E-state index contributed by atoms with van der Waals surface area (Å²) in [4.78, 5) is 23.2. The third kappa shape index (κ3) is 6.29. The van der Waals surface area contributed by atoms with E-state index in [4.69, 9.17) is 5.11 Å². The number of amides is 1. The molecule has 0 heterocycles. The molecule has 104 valence electrons. The highest BCUT2D eigenvalue weighted by Crippen LogP contribution is 2.21. The topological polar surface area (TPSA) is 66.4 Å². The molecule has 1 aromatic rings. The van der Waals surface area contributed by atoms with Crippen LogP contribution < -0.4 is 5.32 Å². The number of carbonyl (C=O) groups excluding carboxylic acids is 1. The highest BCUT2D eigenvalue weighted by molar-refractivity contribution is 8.00. The van der Waals surface area contributed by atoms with Gasteiger partial charge in [-0.25, -0.2) is 0 Å². The Balaban J connectivity index is 2.32. The molecule has 0 aromatic heterocycles. The molecule has 0 saturated carbocycles. The van der Waals surface area contributed by atoms with E-state index in [0.29, 0.717) is 12.2 Å². The Morgan fingerprint density at radius 1 is 1.37 bits per heavy atom. The Morgan fingerprint density at radius 3 is 2.68 bits per heavy atom. The average molecular weight is 281 g/mol. The molecule has 1 aromatic carbocycles. The predicted octanol–water partition coefficient (Wildman–Crippen LogP) is 2.46. The van der Waals surface area contributed by atoms with Gasteiger partial charge in [0.25, 0.3) is 0 Å². The molecule has 0 aliphatic heterocycles. The number of aliphatic carboxylic acids is 1. The molecular formula is C14H19NO3S. The van der Waals surface area contributed by atoms with Crippen LogP contribution in [0.1, 0.15) is 25.3 Å². The Bertz CT molecular complexity index is 448. The SMILES string of the molecule is Cc1ccccc1SCC(=O)NC(C)CCC(=O)O. The lowest BCUT2D eigenvalue weighted by Gasteiger charge is -2.12. The quantitative estimate of drug-likeness (QED) is 0.753. The van der Waals surface area contributed by atoms with Gasteiger partial charge >= 0.3 is 5.97 Å². The van der Waals surface area contributed by atoms with Crippen LogP contribution in [0.3, 0.4) is 0 Å². The summed E-state index contributed by atoms with van der Waals surface area (Å²) in [6, 6.07) is 7.80. The van der Waals surface area contributed by atoms with Gasteiger partial charge in [-0.15, -0.1) is 11.8 Å². The van der Waals surface area contributed by atoms with E-state index in [1.54, 1.807) is 0 Å². The lowest BCUT2D eigenvalue weighted by Crippen LogP contribution is -2.34. The lowest BCUT2D eigenvalue weighted by molar-refractivity contribution is -0.137. The van der Waals surface area contributed by atoms with Crippen molar-refractivity contribution in [3.8, 4) is 0 Å². The summed E-state index contributed by atoms with van der Waals surface area (Å²) >= 11 is 1.49. The molecule has 0 aliphatic carbocycles. The predicted molar refractivity (Wildman–Crippen MR) is 76.4 cm³/mol. The summed E-state index contributed by atoms with van der Waals surface area (Å²) in [5, 5.41) is 11.4. The van der Waals surface area contributed by atoms with Crippen molar-refractivity contribution in [2.45, 2.75) is 37.6 Å². The molecular weight excluding hydrogens is 262 g/mol. The van der Waals surface area contributed by atoms with Gasteiger partial charge < -0.3 is 10.4 Å². The Labute approximate surface area is 117 Å². The number of aryl methyl sites for hydroxylation is 1. The minimum Gasteiger partial charge on any atom is -0.481 e. The molecule has 2 N–H and O–H groups in total. The van der Waals surface area contributed by atoms with Gasteiger partial charge in [-0.1, -0.05) is 18.2 Å². The van der Waals surface area contributed by atoms with E-state index in [2.05, 4.69) is 5.32 Å². The first kappa shape index (κ1) is 15.6. The molecule has 1 amide bonds. The van der Waals surface area contributed by atoms with E-state index >= 15 is 0 Å². The molecule has 0 bridgehead atoms. The highest BCUT2D eigenvalue weighted by atomic mass is 32.2. The summed E-state index contributed by atoms with van der Waals surface area (Å²) in [6.07, 6.45) is 0.530. The summed E-state index contributed by atoms with van der Waals surface area (Å²) in [7, 11) is 0. The fourth-order valence-corrected chi connectivity index (χ4v) is 2.43. The average Bonchev–Trinajstić information content (AvgIpc) is 2.35. The minimum atomic E-state index is -0.838. The van der Waals surface area contributed by atoms with E-state index < -0.39 is 5.97 Å². The van der Waals surface area contributed by atoms with Crippen LogP contribution in [0.15, 0.2) is 29.2 Å². The van der Waals surface area contributed by atoms with E-state index in [9.17, 15) is 9.59 Å². The van der Waals surface area contributed by atoms with Gasteiger partial charge in [-0.3, -0.25) is 9.59 Å². The standard InChI is InChI=1S/C14H19NO3S/c1-10-5-3-4-6-12(10)19-9-13(16)15-11(2)7-8-14(17)18/h3-6,11H,7-9H2,1-2H3,(H,15,16)(H,17,18). The number of carboxylic acid groups (broad SMARTS) is 1. The van der Waals surface area contributed by atoms with Crippen LogP contribution in [0, 0.1) is 6.92 Å². The summed E-state index contributed by atoms with van der Waals surface area (Å²) in [5.74, 6) is -0.552. The van der Waals surface area contributed by atoms with Crippen LogP contribution in [0.25, 0.3) is 0 Å². The Morgan fingerprint density at radius 2 is 2.05 bits per heavy atom. The third-order valence-electron chi connectivity index (χ3n) is 2.65. The number of hydrogen-bond acceptors (Lipinski definition) is 3. The van der Waals surface area contributed by atoms with E-state index in [1.165, 1.54) is 11.8 Å². The molecule has 0 radical (unpaired) electrons. The molecule has 0 fully saturated rings. The number of carbonyl (C=O) groups is 2. The van der Waals surface area contributed by atoms with Gasteiger partial charge in [0.15, 0.2) is 0 Å². The molecule has 1 rings (SSSR count). The zero-order valence-corrected chi connectivity index (χ0v) is 12.0. The van der Waals surface area contributed by atoms with Crippen molar-refractivity contribution in [2.75, 3.05) is 5.75 Å². The van der Waals surface area contributed by atoms with Crippen LogP contribution in [-0.4, -0.2) is 28.8 Å². The zero-order valence-electron chi connectivity index (χ0n) is 11.2. The maximum absolute atomic E-state index is 11.7. The van der Waals surface area contributed by atoms with Crippen molar-refractivity contribution in [1.29, 1.82) is 0 Å². The second kappa shape index (κ2) is 7.84. The third-order valence-corrected chi connectivity index (χ3v) is 3.83. The van der Waals surface area contributed by atoms with Crippen LogP contribution in [-0.2, 0) is 9.59 Å². The van der Waals surface area contributed by atoms with Crippen molar-refractivity contribution in [2.24, 2.45) is 0 Å². The van der Waals surface area contributed by atoms with Crippen molar-refractivity contribution in [3.05, 3.63) is 29.8 Å². The van der Waals surface area contributed by atoms with Crippen LogP contribution in [0.2, 0.25) is 0 Å². The smallest absolute Gasteiger partial charge is 0.303 e. The fraction of sp³-hybridized carbons (Fsp3) is 0.429. The van der Waals surface area contributed by atoms with Crippen molar-refractivity contribution >= 4 is 23.6 Å². The minimum absolute atomic E-state index is 0.0638. The first-order valence-electron chi connectivity index (χ1n) is 6.18. The molecule has 4 nitrogen and oxygen atoms in total. The Kier molecular flexibility index (Phi) is 6.42. The van der Waals surface area contributed by atoms with Crippen LogP contribution >= 0.6 is 11.8 Å². The monoisotopic (exact) mass is 281 g/mol. The maximum atomic E-state index is 11.7. The molecule has 0 spiro atoms. The van der Waals surface area contributed by atoms with E-state index in [0.717, 1.165) is 10.5 Å². The Hall–Kier alpha value is -1.49. The summed E-state index contributed by atoms with van der Waals surface area (Å²) in [5.41, 5.74) is 1.15. The zero-order chi connectivity index (χ0) is 14.3. The molecule has 0 saturated heterocycles. The molecule has 1 unspecified atom stereocenters. The summed E-state index contributed by atoms with van der Waals surface area (Å²) < 4.78 is 0. The van der Waals surface area contributed by atoms with Crippen molar-refractivity contribution < 1.29 is 14.7 Å². The normalized spacial score (nSPS) is 11.9. The van der Waals surface area contributed by atoms with E-state index in [1.807, 2.05) is 38.1 Å². The van der Waals surface area contributed by atoms with E-state index in [-0.39, 0.29) is 18.4 Å². The molecule has 0 aliphatic rings.